The van der Waals surface area contributed by atoms with Crippen LogP contribution >= 0.6 is 0 Å². The highest BCUT2D eigenvalue weighted by Crippen LogP contribution is 2.21. The summed E-state index contributed by atoms with van der Waals surface area (Å²) in [4.78, 5) is 43.3. The molecule has 2 rings (SSSR count). The highest BCUT2D eigenvalue weighted by Gasteiger charge is 2.36. The molecule has 1 aromatic heterocycles. The van der Waals surface area contributed by atoms with Gasteiger partial charge in [0.1, 0.15) is 17.4 Å². The molecule has 7 nitrogen and oxygen atoms in total. The topological polar surface area (TPSA) is 90.8 Å². The van der Waals surface area contributed by atoms with Gasteiger partial charge in [-0.1, -0.05) is 6.07 Å². The van der Waals surface area contributed by atoms with Gasteiger partial charge in [0.2, 0.25) is 5.91 Å². The fourth-order valence-electron chi connectivity index (χ4n) is 2.83. The van der Waals surface area contributed by atoms with Gasteiger partial charge in [0.15, 0.2) is 0 Å². The second kappa shape index (κ2) is 7.21. The third-order valence-corrected chi connectivity index (χ3v) is 4.06. The maximum absolute atomic E-state index is 12.6. The maximum atomic E-state index is 12.6. The Labute approximate surface area is 134 Å². The normalized spacial score (nSPS) is 17.1. The van der Waals surface area contributed by atoms with Gasteiger partial charge in [-0.15, -0.1) is 0 Å². The lowest BCUT2D eigenvalue weighted by Gasteiger charge is -2.28. The molecule has 0 radical (unpaired) electrons. The maximum Gasteiger partial charge on any atom is 0.354 e. The summed E-state index contributed by atoms with van der Waals surface area (Å²) in [6.07, 6.45) is 1.38. The van der Waals surface area contributed by atoms with Crippen molar-refractivity contribution in [3.8, 4) is 0 Å². The molecule has 23 heavy (non-hydrogen) atoms. The molecule has 0 aliphatic carbocycles. The van der Waals surface area contributed by atoms with Gasteiger partial charge in [0, 0.05) is 19.6 Å². The minimum absolute atomic E-state index is 0.0594. The smallest absolute Gasteiger partial charge is 0.354 e. The summed E-state index contributed by atoms with van der Waals surface area (Å²) in [5, 5.41) is 8.99. The van der Waals surface area contributed by atoms with Gasteiger partial charge in [-0.25, -0.2) is 9.78 Å². The molecule has 1 N–H and O–H groups in total. The van der Waals surface area contributed by atoms with Crippen molar-refractivity contribution >= 4 is 17.8 Å². The first-order valence-corrected chi connectivity index (χ1v) is 7.79. The molecular weight excluding hydrogens is 298 g/mol. The number of rotatable bonds is 5. The van der Waals surface area contributed by atoms with E-state index < -0.39 is 17.9 Å². The van der Waals surface area contributed by atoms with E-state index in [4.69, 9.17) is 5.11 Å². The first kappa shape index (κ1) is 16.9. The van der Waals surface area contributed by atoms with Crippen LogP contribution in [0, 0.1) is 0 Å². The first-order valence-electron chi connectivity index (χ1n) is 7.79. The molecule has 124 valence electrons. The number of carbonyl (C=O) groups is 3. The number of hydrogen-bond acceptors (Lipinski definition) is 4. The number of aromatic carboxylic acids is 1. The van der Waals surface area contributed by atoms with Crippen molar-refractivity contribution in [3.05, 3.63) is 29.6 Å². The molecule has 1 aliphatic heterocycles. The Balaban J connectivity index is 2.22. The quantitative estimate of drug-likeness (QED) is 0.882. The molecule has 1 unspecified atom stereocenters. The molecule has 0 spiro atoms. The minimum atomic E-state index is -1.18. The van der Waals surface area contributed by atoms with E-state index in [1.165, 1.54) is 23.1 Å². The van der Waals surface area contributed by atoms with Crippen molar-refractivity contribution < 1.29 is 19.5 Å². The largest absolute Gasteiger partial charge is 0.477 e. The van der Waals surface area contributed by atoms with Gasteiger partial charge in [-0.2, -0.15) is 0 Å². The lowest BCUT2D eigenvalue weighted by atomic mass is 10.1. The number of likely N-dealkylation sites (N-methyl/N-ethyl adjacent to an activating group) is 1. The number of amides is 2. The zero-order valence-electron chi connectivity index (χ0n) is 13.4. The third kappa shape index (κ3) is 3.49. The van der Waals surface area contributed by atoms with E-state index in [1.54, 1.807) is 4.90 Å². The zero-order valence-corrected chi connectivity index (χ0v) is 13.4. The van der Waals surface area contributed by atoms with Gasteiger partial charge in [-0.3, -0.25) is 9.59 Å². The van der Waals surface area contributed by atoms with E-state index in [9.17, 15) is 14.4 Å². The lowest BCUT2D eigenvalue weighted by molar-refractivity contribution is -0.134. The second-order valence-electron chi connectivity index (χ2n) is 5.38. The zero-order chi connectivity index (χ0) is 17.0. The number of carboxylic acids is 1. The number of nitrogens with zero attached hydrogens (tertiary/aromatic N) is 3. The summed E-state index contributed by atoms with van der Waals surface area (Å²) in [6.45, 7) is 5.48. The second-order valence-corrected chi connectivity index (χ2v) is 5.38. The summed E-state index contributed by atoms with van der Waals surface area (Å²) < 4.78 is 0. The van der Waals surface area contributed by atoms with Crippen molar-refractivity contribution in [1.82, 2.24) is 14.8 Å². The fourth-order valence-corrected chi connectivity index (χ4v) is 2.83. The Morgan fingerprint density at radius 2 is 1.91 bits per heavy atom. The fraction of sp³-hybridized carbons (Fsp3) is 0.500. The van der Waals surface area contributed by atoms with E-state index in [2.05, 4.69) is 4.98 Å². The van der Waals surface area contributed by atoms with E-state index in [0.717, 1.165) is 6.42 Å². The molecule has 1 aliphatic rings. The third-order valence-electron chi connectivity index (χ3n) is 4.06. The average Bonchev–Trinajstić information content (AvgIpc) is 3.04. The molecule has 1 aromatic rings. The van der Waals surface area contributed by atoms with E-state index in [-0.39, 0.29) is 17.3 Å². The Bertz CT molecular complexity index is 613. The summed E-state index contributed by atoms with van der Waals surface area (Å²) in [5.41, 5.74) is -0.120. The number of carbonyl (C=O) groups excluding carboxylic acids is 2. The van der Waals surface area contributed by atoms with Crippen molar-refractivity contribution in [3.63, 3.8) is 0 Å². The molecule has 0 aromatic carbocycles. The number of hydrogen-bond donors (Lipinski definition) is 1. The van der Waals surface area contributed by atoms with Crippen molar-refractivity contribution in [1.29, 1.82) is 0 Å². The summed E-state index contributed by atoms with van der Waals surface area (Å²) >= 11 is 0. The van der Waals surface area contributed by atoms with Crippen LogP contribution in [0.5, 0.6) is 0 Å². The van der Waals surface area contributed by atoms with Crippen LogP contribution in [0.15, 0.2) is 18.2 Å². The summed E-state index contributed by atoms with van der Waals surface area (Å²) in [6, 6.07) is 3.81. The van der Waals surface area contributed by atoms with Crippen LogP contribution in [0.25, 0.3) is 0 Å². The number of carboxylic acid groups (broad SMARTS) is 1. The van der Waals surface area contributed by atoms with Crippen molar-refractivity contribution in [2.45, 2.75) is 32.7 Å². The Morgan fingerprint density at radius 3 is 2.52 bits per heavy atom. The summed E-state index contributed by atoms with van der Waals surface area (Å²) in [7, 11) is 0. The molecule has 2 heterocycles. The highest BCUT2D eigenvalue weighted by molar-refractivity contribution is 5.97. The molecule has 2 amide bonds. The van der Waals surface area contributed by atoms with Crippen LogP contribution in [-0.2, 0) is 4.79 Å². The predicted octanol–water partition coefficient (Wildman–Crippen LogP) is 1.25. The minimum Gasteiger partial charge on any atom is -0.477 e. The van der Waals surface area contributed by atoms with Crippen LogP contribution in [0.1, 0.15) is 47.7 Å². The van der Waals surface area contributed by atoms with Crippen LogP contribution in [0.2, 0.25) is 0 Å². The Morgan fingerprint density at radius 1 is 1.26 bits per heavy atom. The van der Waals surface area contributed by atoms with Gasteiger partial charge < -0.3 is 14.9 Å². The van der Waals surface area contributed by atoms with E-state index >= 15 is 0 Å². The van der Waals surface area contributed by atoms with Crippen molar-refractivity contribution in [2.75, 3.05) is 19.6 Å². The first-order chi connectivity index (χ1) is 11.0. The molecule has 0 bridgehead atoms. The summed E-state index contributed by atoms with van der Waals surface area (Å²) in [5.74, 6) is -1.64. The molecule has 1 fully saturated rings. The molecule has 7 heteroatoms. The highest BCUT2D eigenvalue weighted by atomic mass is 16.4. The van der Waals surface area contributed by atoms with Crippen LogP contribution < -0.4 is 0 Å². The standard InChI is InChI=1S/C16H21N3O4/c1-3-18(4-2)15(21)13-9-6-10-19(13)14(20)11-7-5-8-12(17-11)16(22)23/h5,7-8,13H,3-4,6,9-10H2,1-2H3,(H,22,23). The molecular formula is C16H21N3O4. The van der Waals surface area contributed by atoms with Crippen molar-refractivity contribution in [2.24, 2.45) is 0 Å². The van der Waals surface area contributed by atoms with E-state index in [1.807, 2.05) is 13.8 Å². The average molecular weight is 319 g/mol. The Hall–Kier alpha value is -2.44. The van der Waals surface area contributed by atoms with Crippen LogP contribution in [0.3, 0.4) is 0 Å². The number of likely N-dealkylation sites (tertiary alicyclic amines) is 1. The molecule has 0 saturated carbocycles. The Kier molecular flexibility index (Phi) is 5.31. The van der Waals surface area contributed by atoms with Gasteiger partial charge in [0.05, 0.1) is 0 Å². The molecule has 1 saturated heterocycles. The van der Waals surface area contributed by atoms with Gasteiger partial charge in [-0.05, 0) is 38.8 Å². The predicted molar refractivity (Wildman–Crippen MR) is 83.2 cm³/mol. The lowest BCUT2D eigenvalue weighted by Crippen LogP contribution is -2.47. The number of aromatic nitrogens is 1. The van der Waals surface area contributed by atoms with Crippen LogP contribution in [-0.4, -0.2) is 63.4 Å². The molecule has 1 atom stereocenters. The van der Waals surface area contributed by atoms with Gasteiger partial charge >= 0.3 is 5.97 Å². The monoisotopic (exact) mass is 319 g/mol. The van der Waals surface area contributed by atoms with Crippen LogP contribution in [0.4, 0.5) is 0 Å². The van der Waals surface area contributed by atoms with Gasteiger partial charge in [0.25, 0.3) is 5.91 Å². The SMILES string of the molecule is CCN(CC)C(=O)C1CCCN1C(=O)c1cccc(C(=O)O)n1. The number of pyridine rings is 1. The van der Waals surface area contributed by atoms with E-state index in [0.29, 0.717) is 26.1 Å².